The van der Waals surface area contributed by atoms with Gasteiger partial charge >= 0.3 is 5.97 Å². The first-order valence-corrected chi connectivity index (χ1v) is 8.93. The molecule has 0 fully saturated rings. The zero-order valence-electron chi connectivity index (χ0n) is 13.9. The topological polar surface area (TPSA) is 113 Å². The molecular weight excluding hydrogens is 370 g/mol. The van der Waals surface area contributed by atoms with Crippen molar-refractivity contribution in [1.82, 2.24) is 25.1 Å². The summed E-state index contributed by atoms with van der Waals surface area (Å²) < 4.78 is 11.2. The molecule has 0 amide bonds. The molecule has 0 aliphatic rings. The maximum Gasteiger partial charge on any atom is 0.308 e. The van der Waals surface area contributed by atoms with Crippen LogP contribution in [0.1, 0.15) is 12.3 Å². The maximum atomic E-state index is 12.3. The lowest BCUT2D eigenvalue weighted by molar-refractivity contribution is -0.148. The van der Waals surface area contributed by atoms with E-state index in [2.05, 4.69) is 20.5 Å². The number of carbonyl (C=O) groups excluding carboxylic acids is 1. The fourth-order valence-electron chi connectivity index (χ4n) is 2.38. The van der Waals surface area contributed by atoms with Crippen molar-refractivity contribution in [3.05, 3.63) is 58.0 Å². The van der Waals surface area contributed by atoms with E-state index < -0.39 is 5.97 Å². The van der Waals surface area contributed by atoms with Crippen LogP contribution in [-0.4, -0.2) is 31.1 Å². The Hall–Kier alpha value is -3.40. The number of thiophene rings is 1. The summed E-state index contributed by atoms with van der Waals surface area (Å²) in [4.78, 5) is 29.3. The summed E-state index contributed by atoms with van der Waals surface area (Å²) in [5.74, 6) is 0.331. The Morgan fingerprint density at radius 1 is 1.22 bits per heavy atom. The first-order chi connectivity index (χ1) is 13.2. The number of aromatic nitrogens is 5. The van der Waals surface area contributed by atoms with E-state index in [0.717, 1.165) is 9.56 Å². The molecule has 3 aromatic heterocycles. The van der Waals surface area contributed by atoms with Crippen LogP contribution < -0.4 is 5.56 Å². The molecule has 0 bridgehead atoms. The lowest BCUT2D eigenvalue weighted by Crippen LogP contribution is -2.26. The van der Waals surface area contributed by atoms with Crippen molar-refractivity contribution in [2.75, 3.05) is 0 Å². The number of benzene rings is 1. The highest BCUT2D eigenvalue weighted by atomic mass is 32.1. The van der Waals surface area contributed by atoms with E-state index >= 15 is 0 Å². The van der Waals surface area contributed by atoms with Crippen LogP contribution in [-0.2, 0) is 22.7 Å². The van der Waals surface area contributed by atoms with Crippen LogP contribution in [0.4, 0.5) is 0 Å². The average Bonchev–Trinajstić information content (AvgIpc) is 3.37. The fourth-order valence-corrected chi connectivity index (χ4v) is 3.03. The van der Waals surface area contributed by atoms with Crippen molar-refractivity contribution in [2.24, 2.45) is 0 Å². The van der Waals surface area contributed by atoms with Crippen molar-refractivity contribution in [1.29, 1.82) is 0 Å². The number of esters is 1. The Labute approximate surface area is 156 Å². The summed E-state index contributed by atoms with van der Waals surface area (Å²) >= 11 is 1.50. The fraction of sp³-hybridized carbons (Fsp3) is 0.176. The molecule has 136 valence electrons. The molecule has 4 aromatic rings. The summed E-state index contributed by atoms with van der Waals surface area (Å²) in [7, 11) is 0. The quantitative estimate of drug-likeness (QED) is 0.465. The van der Waals surface area contributed by atoms with Gasteiger partial charge in [0.25, 0.3) is 5.56 Å². The molecule has 27 heavy (non-hydrogen) atoms. The molecule has 0 aliphatic heterocycles. The van der Waals surface area contributed by atoms with E-state index in [0.29, 0.717) is 22.6 Å². The van der Waals surface area contributed by atoms with Gasteiger partial charge in [-0.3, -0.25) is 9.59 Å². The molecule has 0 unspecified atom stereocenters. The van der Waals surface area contributed by atoms with Gasteiger partial charge in [0.2, 0.25) is 11.7 Å². The van der Waals surface area contributed by atoms with E-state index in [1.165, 1.54) is 11.3 Å². The molecule has 0 aliphatic carbocycles. The normalized spacial score (nSPS) is 11.0. The number of fused-ring (bicyclic) bond motifs is 1. The van der Waals surface area contributed by atoms with E-state index in [1.54, 1.807) is 24.3 Å². The molecule has 1 aromatic carbocycles. The van der Waals surface area contributed by atoms with Crippen LogP contribution in [0.25, 0.3) is 21.6 Å². The van der Waals surface area contributed by atoms with Crippen molar-refractivity contribution in [3.63, 3.8) is 0 Å². The van der Waals surface area contributed by atoms with Crippen molar-refractivity contribution < 1.29 is 14.1 Å². The predicted octanol–water partition coefficient (Wildman–Crippen LogP) is 2.04. The summed E-state index contributed by atoms with van der Waals surface area (Å²) in [6.45, 7) is -0.306. The van der Waals surface area contributed by atoms with Gasteiger partial charge in [0.15, 0.2) is 6.73 Å². The van der Waals surface area contributed by atoms with E-state index in [9.17, 15) is 9.59 Å². The molecule has 0 radical (unpaired) electrons. The lowest BCUT2D eigenvalue weighted by Gasteiger charge is -2.05. The van der Waals surface area contributed by atoms with Crippen LogP contribution >= 0.6 is 11.3 Å². The number of carbonyl (C=O) groups is 1. The van der Waals surface area contributed by atoms with Crippen LogP contribution in [0.5, 0.6) is 0 Å². The highest BCUT2D eigenvalue weighted by molar-refractivity contribution is 7.13. The van der Waals surface area contributed by atoms with Crippen molar-refractivity contribution in [3.8, 4) is 10.7 Å². The number of hydrogen-bond acceptors (Lipinski definition) is 9. The lowest BCUT2D eigenvalue weighted by atomic mass is 10.2. The largest absolute Gasteiger partial charge is 0.442 e. The average molecular weight is 383 g/mol. The molecule has 0 N–H and O–H groups in total. The first-order valence-electron chi connectivity index (χ1n) is 8.05. The third-order valence-corrected chi connectivity index (χ3v) is 4.60. The Balaban J connectivity index is 1.34. The van der Waals surface area contributed by atoms with E-state index in [-0.39, 0.29) is 25.1 Å². The third kappa shape index (κ3) is 3.75. The number of aryl methyl sites for hydroxylation is 1. The third-order valence-electron chi connectivity index (χ3n) is 3.73. The Bertz CT molecular complexity index is 1140. The zero-order valence-corrected chi connectivity index (χ0v) is 14.8. The molecule has 0 spiro atoms. The highest BCUT2D eigenvalue weighted by Crippen LogP contribution is 2.21. The van der Waals surface area contributed by atoms with Gasteiger partial charge in [-0.25, -0.2) is 0 Å². The molecule has 10 heteroatoms. The Morgan fingerprint density at radius 3 is 2.96 bits per heavy atom. The molecule has 0 atom stereocenters. The number of rotatable bonds is 6. The Morgan fingerprint density at radius 2 is 2.11 bits per heavy atom. The first kappa shape index (κ1) is 17.0. The minimum atomic E-state index is -0.507. The minimum absolute atomic E-state index is 0.0435. The van der Waals surface area contributed by atoms with Gasteiger partial charge in [0, 0.05) is 6.42 Å². The highest BCUT2D eigenvalue weighted by Gasteiger charge is 2.13. The van der Waals surface area contributed by atoms with Gasteiger partial charge in [-0.2, -0.15) is 9.67 Å². The van der Waals surface area contributed by atoms with E-state index in [4.69, 9.17) is 9.26 Å². The number of hydrogen-bond donors (Lipinski definition) is 0. The number of nitrogens with zero attached hydrogens (tertiary/aromatic N) is 5. The minimum Gasteiger partial charge on any atom is -0.442 e. The van der Waals surface area contributed by atoms with Gasteiger partial charge in [-0.1, -0.05) is 28.6 Å². The van der Waals surface area contributed by atoms with Crippen LogP contribution in [0, 0.1) is 0 Å². The smallest absolute Gasteiger partial charge is 0.308 e. The molecule has 4 rings (SSSR count). The molecule has 3 heterocycles. The SMILES string of the molecule is O=C(CCc1nc(-c2cccs2)no1)OCn1nnc2ccccc2c1=O. The Kier molecular flexibility index (Phi) is 4.71. The summed E-state index contributed by atoms with van der Waals surface area (Å²) in [6, 6.07) is 10.6. The predicted molar refractivity (Wildman–Crippen MR) is 95.8 cm³/mol. The molecule has 0 saturated carbocycles. The molecular formula is C17H13N5O4S. The van der Waals surface area contributed by atoms with Gasteiger partial charge in [-0.15, -0.1) is 16.4 Å². The van der Waals surface area contributed by atoms with Crippen molar-refractivity contribution in [2.45, 2.75) is 19.6 Å². The second-order valence-electron chi connectivity index (χ2n) is 5.55. The summed E-state index contributed by atoms with van der Waals surface area (Å²) in [5.41, 5.74) is 0.119. The van der Waals surface area contributed by atoms with Crippen LogP contribution in [0.3, 0.4) is 0 Å². The second kappa shape index (κ2) is 7.46. The summed E-state index contributed by atoms with van der Waals surface area (Å²) in [6.07, 6.45) is 0.289. The molecule has 0 saturated heterocycles. The van der Waals surface area contributed by atoms with Crippen LogP contribution in [0.2, 0.25) is 0 Å². The second-order valence-corrected chi connectivity index (χ2v) is 6.49. The maximum absolute atomic E-state index is 12.3. The van der Waals surface area contributed by atoms with Crippen molar-refractivity contribution >= 4 is 28.2 Å². The number of ether oxygens (including phenoxy) is 1. The zero-order chi connectivity index (χ0) is 18.6. The monoisotopic (exact) mass is 383 g/mol. The van der Waals surface area contributed by atoms with Gasteiger partial charge in [-0.05, 0) is 23.6 Å². The molecule has 9 nitrogen and oxygen atoms in total. The van der Waals surface area contributed by atoms with Gasteiger partial charge < -0.3 is 9.26 Å². The van der Waals surface area contributed by atoms with Gasteiger partial charge in [0.05, 0.1) is 16.7 Å². The van der Waals surface area contributed by atoms with Gasteiger partial charge in [0.1, 0.15) is 5.52 Å². The van der Waals surface area contributed by atoms with E-state index in [1.807, 2.05) is 17.5 Å². The standard InChI is InChI=1S/C17H13N5O4S/c23-15(8-7-14-18-16(20-26-14)13-6-3-9-27-13)25-10-22-17(24)11-4-1-2-5-12(11)19-21-22/h1-6,9H,7-8,10H2. The summed E-state index contributed by atoms with van der Waals surface area (Å²) in [5, 5.41) is 13.9. The van der Waals surface area contributed by atoms with Crippen LogP contribution in [0.15, 0.2) is 51.1 Å².